The van der Waals surface area contributed by atoms with Crippen LogP contribution < -0.4 is 17.1 Å². The lowest BCUT2D eigenvalue weighted by Crippen LogP contribution is -2.46. The highest BCUT2D eigenvalue weighted by molar-refractivity contribution is 5.33. The second-order valence-corrected chi connectivity index (χ2v) is 5.09. The zero-order valence-electron chi connectivity index (χ0n) is 11.1. The third kappa shape index (κ3) is 2.85. The number of carbonyl (C=O) groups excluding carboxylic acids is 1. The van der Waals surface area contributed by atoms with Crippen LogP contribution in [0.3, 0.4) is 0 Å². The average molecular weight is 280 g/mol. The Balaban J connectivity index is 2.16. The molecule has 108 valence electrons. The van der Waals surface area contributed by atoms with Gasteiger partial charge in [-0.2, -0.15) is 0 Å². The maximum atomic E-state index is 11.7. The van der Waals surface area contributed by atoms with Gasteiger partial charge in [-0.3, -0.25) is 9.97 Å². The molecule has 0 aliphatic heterocycles. The van der Waals surface area contributed by atoms with Gasteiger partial charge in [-0.15, -0.1) is 0 Å². The van der Waals surface area contributed by atoms with Crippen LogP contribution >= 0.6 is 0 Å². The molecule has 0 saturated heterocycles. The van der Waals surface area contributed by atoms with Gasteiger partial charge in [-0.1, -0.05) is 0 Å². The standard InChI is InChI=1S/C12H16N4O4/c1-7(13-6-17)8-2-4-9(5-3-8)16-11(19)14-10(18)15-12(16)20/h7-9H,2-5H2,1H3,(H2,14,15,18,19,20). The van der Waals surface area contributed by atoms with Gasteiger partial charge in [0.25, 0.3) is 0 Å². The number of isocyanates is 1. The van der Waals surface area contributed by atoms with E-state index >= 15 is 0 Å². The molecule has 20 heavy (non-hydrogen) atoms. The van der Waals surface area contributed by atoms with E-state index in [1.807, 2.05) is 6.92 Å². The number of H-pyrrole nitrogens is 2. The summed E-state index contributed by atoms with van der Waals surface area (Å²) >= 11 is 0. The minimum atomic E-state index is -0.793. The molecule has 1 aliphatic carbocycles. The Morgan fingerprint density at radius 1 is 1.15 bits per heavy atom. The number of aromatic nitrogens is 3. The number of aliphatic imine (C=N–C) groups is 1. The lowest BCUT2D eigenvalue weighted by Gasteiger charge is -2.30. The monoisotopic (exact) mass is 280 g/mol. The zero-order valence-corrected chi connectivity index (χ0v) is 11.1. The normalized spacial score (nSPS) is 23.9. The van der Waals surface area contributed by atoms with Gasteiger partial charge in [0.2, 0.25) is 6.08 Å². The summed E-state index contributed by atoms with van der Waals surface area (Å²) in [6, 6.07) is -0.328. The largest absolute Gasteiger partial charge is 0.333 e. The Morgan fingerprint density at radius 2 is 1.70 bits per heavy atom. The summed E-state index contributed by atoms with van der Waals surface area (Å²) < 4.78 is 1.06. The molecule has 0 amide bonds. The third-order valence-corrected chi connectivity index (χ3v) is 3.92. The van der Waals surface area contributed by atoms with Crippen molar-refractivity contribution in [2.24, 2.45) is 10.9 Å². The first-order valence-corrected chi connectivity index (χ1v) is 6.55. The van der Waals surface area contributed by atoms with E-state index in [9.17, 15) is 19.2 Å². The van der Waals surface area contributed by atoms with Gasteiger partial charge in [-0.05, 0) is 38.5 Å². The van der Waals surface area contributed by atoms with Crippen LogP contribution in [-0.2, 0) is 4.79 Å². The Hall–Kier alpha value is -2.21. The van der Waals surface area contributed by atoms with E-state index in [-0.39, 0.29) is 18.0 Å². The second-order valence-electron chi connectivity index (χ2n) is 5.09. The smallest absolute Gasteiger partial charge is 0.259 e. The van der Waals surface area contributed by atoms with Crippen molar-refractivity contribution in [1.82, 2.24) is 14.5 Å². The van der Waals surface area contributed by atoms with Gasteiger partial charge in [-0.25, -0.2) is 28.7 Å². The molecule has 0 spiro atoms. The maximum absolute atomic E-state index is 11.7. The maximum Gasteiger partial charge on any atom is 0.333 e. The van der Waals surface area contributed by atoms with Crippen LogP contribution in [0.2, 0.25) is 0 Å². The van der Waals surface area contributed by atoms with E-state index in [4.69, 9.17) is 0 Å². The molecule has 0 radical (unpaired) electrons. The molecule has 1 unspecified atom stereocenters. The molecule has 1 aliphatic rings. The second kappa shape index (κ2) is 5.83. The summed E-state index contributed by atoms with van der Waals surface area (Å²) in [6.45, 7) is 1.86. The molecule has 1 heterocycles. The topological polar surface area (TPSA) is 117 Å². The molecule has 8 heteroatoms. The van der Waals surface area contributed by atoms with Crippen molar-refractivity contribution < 1.29 is 4.79 Å². The van der Waals surface area contributed by atoms with Crippen LogP contribution in [0.1, 0.15) is 38.6 Å². The number of nitrogens with one attached hydrogen (secondary N) is 2. The van der Waals surface area contributed by atoms with Crippen LogP contribution in [0.4, 0.5) is 0 Å². The van der Waals surface area contributed by atoms with E-state index in [2.05, 4.69) is 15.0 Å². The van der Waals surface area contributed by atoms with Crippen LogP contribution in [0, 0.1) is 5.92 Å². The number of hydrogen-bond acceptors (Lipinski definition) is 5. The molecular weight excluding hydrogens is 264 g/mol. The van der Waals surface area contributed by atoms with Gasteiger partial charge in [0.05, 0.1) is 6.04 Å². The summed E-state index contributed by atoms with van der Waals surface area (Å²) in [6.07, 6.45) is 4.36. The van der Waals surface area contributed by atoms with Crippen molar-refractivity contribution in [2.45, 2.75) is 44.7 Å². The zero-order chi connectivity index (χ0) is 14.7. The lowest BCUT2D eigenvalue weighted by atomic mass is 9.82. The molecule has 1 aromatic rings. The first kappa shape index (κ1) is 14.2. The fraction of sp³-hybridized carbons (Fsp3) is 0.667. The highest BCUT2D eigenvalue weighted by Gasteiger charge is 2.27. The number of nitrogens with zero attached hydrogens (tertiary/aromatic N) is 2. The first-order chi connectivity index (χ1) is 9.52. The predicted molar refractivity (Wildman–Crippen MR) is 70.5 cm³/mol. The van der Waals surface area contributed by atoms with E-state index in [0.29, 0.717) is 12.8 Å². The molecule has 2 N–H and O–H groups in total. The van der Waals surface area contributed by atoms with Gasteiger partial charge >= 0.3 is 17.1 Å². The first-order valence-electron chi connectivity index (χ1n) is 6.55. The predicted octanol–water partition coefficient (Wildman–Crippen LogP) is -0.320. The highest BCUT2D eigenvalue weighted by atomic mass is 16.2. The molecule has 1 fully saturated rings. The van der Waals surface area contributed by atoms with E-state index < -0.39 is 17.1 Å². The molecule has 1 atom stereocenters. The fourth-order valence-electron chi connectivity index (χ4n) is 2.80. The highest BCUT2D eigenvalue weighted by Crippen LogP contribution is 2.33. The fourth-order valence-corrected chi connectivity index (χ4v) is 2.80. The molecule has 0 aromatic carbocycles. The van der Waals surface area contributed by atoms with Crippen molar-refractivity contribution in [2.75, 3.05) is 0 Å². The summed E-state index contributed by atoms with van der Waals surface area (Å²) in [5.41, 5.74) is -2.15. The Labute approximate surface area is 113 Å². The summed E-state index contributed by atoms with van der Waals surface area (Å²) in [4.78, 5) is 52.4. The Morgan fingerprint density at radius 3 is 2.20 bits per heavy atom. The molecule has 2 rings (SSSR count). The Kier molecular flexibility index (Phi) is 4.14. The van der Waals surface area contributed by atoms with Crippen LogP contribution in [0.15, 0.2) is 19.4 Å². The van der Waals surface area contributed by atoms with Crippen molar-refractivity contribution >= 4 is 6.08 Å². The molecule has 1 aromatic heterocycles. The van der Waals surface area contributed by atoms with Crippen molar-refractivity contribution in [1.29, 1.82) is 0 Å². The van der Waals surface area contributed by atoms with Crippen LogP contribution in [0.25, 0.3) is 0 Å². The number of rotatable bonds is 3. The number of hydrogen-bond donors (Lipinski definition) is 2. The minimum absolute atomic E-state index is 0.0981. The van der Waals surface area contributed by atoms with E-state index in [1.165, 1.54) is 0 Å². The lowest BCUT2D eigenvalue weighted by molar-refractivity contribution is 0.241. The van der Waals surface area contributed by atoms with Gasteiger partial charge in [0.1, 0.15) is 0 Å². The SMILES string of the molecule is CC(N=C=O)C1CCC(n2c(=O)[nH]c(=O)[nH]c2=O)CC1. The van der Waals surface area contributed by atoms with Gasteiger partial charge in [0, 0.05) is 6.04 Å². The van der Waals surface area contributed by atoms with Crippen LogP contribution in [0.5, 0.6) is 0 Å². The van der Waals surface area contributed by atoms with Crippen molar-refractivity contribution in [3.8, 4) is 0 Å². The van der Waals surface area contributed by atoms with E-state index in [1.54, 1.807) is 6.08 Å². The third-order valence-electron chi connectivity index (χ3n) is 3.92. The minimum Gasteiger partial charge on any atom is -0.259 e. The van der Waals surface area contributed by atoms with Gasteiger partial charge in [0.15, 0.2) is 0 Å². The van der Waals surface area contributed by atoms with E-state index in [0.717, 1.165) is 17.4 Å². The molecule has 0 bridgehead atoms. The van der Waals surface area contributed by atoms with Crippen LogP contribution in [-0.4, -0.2) is 26.7 Å². The van der Waals surface area contributed by atoms with Crippen molar-refractivity contribution in [3.63, 3.8) is 0 Å². The summed E-state index contributed by atoms with van der Waals surface area (Å²) in [5, 5.41) is 0. The molecular formula is C12H16N4O4. The Bertz CT molecular complexity index is 652. The van der Waals surface area contributed by atoms with Gasteiger partial charge < -0.3 is 0 Å². The van der Waals surface area contributed by atoms with Crippen molar-refractivity contribution in [3.05, 3.63) is 31.5 Å². The summed E-state index contributed by atoms with van der Waals surface area (Å²) in [7, 11) is 0. The quantitative estimate of drug-likeness (QED) is 0.582. The average Bonchev–Trinajstić information content (AvgIpc) is 2.38. The number of aromatic amines is 2. The molecule has 1 saturated carbocycles. The molecule has 8 nitrogen and oxygen atoms in total. The summed E-state index contributed by atoms with van der Waals surface area (Å²) in [5.74, 6) is 0.255.